The van der Waals surface area contributed by atoms with Crippen LogP contribution in [0.15, 0.2) is 0 Å². The van der Waals surface area contributed by atoms with Gasteiger partial charge in [0.1, 0.15) is 0 Å². The fourth-order valence-electron chi connectivity index (χ4n) is 2.97. The highest BCUT2D eigenvalue weighted by Crippen LogP contribution is 2.18. The summed E-state index contributed by atoms with van der Waals surface area (Å²) in [5, 5.41) is 3.77. The van der Waals surface area contributed by atoms with Gasteiger partial charge >= 0.3 is 0 Å². The molecular weight excluding hydrogens is 248 g/mol. The number of hydrogen-bond donors (Lipinski definition) is 1. The summed E-state index contributed by atoms with van der Waals surface area (Å²) in [6.45, 7) is 14.5. The van der Waals surface area contributed by atoms with Gasteiger partial charge in [-0.2, -0.15) is 0 Å². The lowest BCUT2D eigenvalue weighted by molar-refractivity contribution is 0.0662. The Bertz CT molecular complexity index is 211. The summed E-state index contributed by atoms with van der Waals surface area (Å²) >= 11 is 0. The number of rotatable bonds is 13. The maximum absolute atomic E-state index is 5.32. The van der Waals surface area contributed by atoms with Crippen molar-refractivity contribution in [2.45, 2.75) is 84.8 Å². The van der Waals surface area contributed by atoms with Gasteiger partial charge in [-0.3, -0.25) is 4.90 Å². The van der Waals surface area contributed by atoms with Crippen LogP contribution < -0.4 is 5.32 Å². The second-order valence-corrected chi connectivity index (χ2v) is 5.81. The molecule has 3 atom stereocenters. The summed E-state index contributed by atoms with van der Waals surface area (Å²) in [5.41, 5.74) is 0. The lowest BCUT2D eigenvalue weighted by atomic mass is 9.97. The first kappa shape index (κ1) is 19.9. The standard InChI is InChI=1S/C17H38N2O/c1-7-11-16(18-12-8-2)17(10-4)19(13-14-20-6)15(5)9-3/h15-18H,7-14H2,1-6H3. The molecule has 0 amide bonds. The number of nitrogens with one attached hydrogen (secondary N) is 1. The predicted molar refractivity (Wildman–Crippen MR) is 89.4 cm³/mol. The van der Waals surface area contributed by atoms with Crippen LogP contribution in [0.2, 0.25) is 0 Å². The van der Waals surface area contributed by atoms with Crippen molar-refractivity contribution in [2.24, 2.45) is 0 Å². The van der Waals surface area contributed by atoms with Crippen molar-refractivity contribution in [3.05, 3.63) is 0 Å². The van der Waals surface area contributed by atoms with E-state index in [1.165, 1.54) is 32.1 Å². The van der Waals surface area contributed by atoms with E-state index in [1.54, 1.807) is 7.11 Å². The van der Waals surface area contributed by atoms with E-state index < -0.39 is 0 Å². The van der Waals surface area contributed by atoms with Crippen molar-refractivity contribution in [1.82, 2.24) is 10.2 Å². The quantitative estimate of drug-likeness (QED) is 0.559. The first-order chi connectivity index (χ1) is 9.65. The molecule has 0 aromatic heterocycles. The molecule has 0 fully saturated rings. The van der Waals surface area contributed by atoms with Crippen LogP contribution in [0.4, 0.5) is 0 Å². The third-order valence-corrected chi connectivity index (χ3v) is 4.28. The second-order valence-electron chi connectivity index (χ2n) is 5.81. The summed E-state index contributed by atoms with van der Waals surface area (Å²) in [6.07, 6.45) is 6.12. The molecule has 0 saturated heterocycles. The molecule has 0 radical (unpaired) electrons. The van der Waals surface area contributed by atoms with Crippen LogP contribution in [-0.4, -0.2) is 49.8 Å². The van der Waals surface area contributed by atoms with Gasteiger partial charge in [-0.05, 0) is 39.2 Å². The van der Waals surface area contributed by atoms with Crippen LogP contribution in [0.25, 0.3) is 0 Å². The molecule has 0 aromatic rings. The Balaban J connectivity index is 4.86. The van der Waals surface area contributed by atoms with Crippen LogP contribution in [0.5, 0.6) is 0 Å². The normalized spacial score (nSPS) is 16.4. The Morgan fingerprint density at radius 1 is 1.05 bits per heavy atom. The van der Waals surface area contributed by atoms with Gasteiger partial charge < -0.3 is 10.1 Å². The largest absolute Gasteiger partial charge is 0.383 e. The van der Waals surface area contributed by atoms with Gasteiger partial charge in [-0.1, -0.05) is 34.1 Å². The summed E-state index contributed by atoms with van der Waals surface area (Å²) in [4.78, 5) is 2.66. The van der Waals surface area contributed by atoms with Crippen molar-refractivity contribution in [3.8, 4) is 0 Å². The summed E-state index contributed by atoms with van der Waals surface area (Å²) in [5.74, 6) is 0. The number of nitrogens with zero attached hydrogens (tertiary/aromatic N) is 1. The van der Waals surface area contributed by atoms with Crippen LogP contribution in [0.1, 0.15) is 66.7 Å². The Labute approximate surface area is 127 Å². The van der Waals surface area contributed by atoms with Gasteiger partial charge in [0, 0.05) is 31.8 Å². The minimum absolute atomic E-state index is 0.607. The van der Waals surface area contributed by atoms with Crippen molar-refractivity contribution in [2.75, 3.05) is 26.8 Å². The van der Waals surface area contributed by atoms with Gasteiger partial charge in [-0.25, -0.2) is 0 Å². The lowest BCUT2D eigenvalue weighted by Crippen LogP contribution is -2.53. The van der Waals surface area contributed by atoms with Crippen molar-refractivity contribution in [3.63, 3.8) is 0 Å². The molecule has 3 nitrogen and oxygen atoms in total. The van der Waals surface area contributed by atoms with Gasteiger partial charge in [0.05, 0.1) is 6.61 Å². The van der Waals surface area contributed by atoms with Gasteiger partial charge in [-0.15, -0.1) is 0 Å². The van der Waals surface area contributed by atoms with E-state index in [9.17, 15) is 0 Å². The van der Waals surface area contributed by atoms with E-state index in [1.807, 2.05) is 0 Å². The molecular formula is C17H38N2O. The summed E-state index contributed by atoms with van der Waals surface area (Å²) in [6, 6.07) is 1.85. The zero-order valence-corrected chi connectivity index (χ0v) is 14.7. The topological polar surface area (TPSA) is 24.5 Å². The molecule has 0 saturated carbocycles. The van der Waals surface area contributed by atoms with E-state index in [2.05, 4.69) is 44.8 Å². The molecule has 0 aliphatic rings. The SMILES string of the molecule is CCCNC(CCC)C(CC)N(CCOC)C(C)CC. The highest BCUT2D eigenvalue weighted by Gasteiger charge is 2.27. The van der Waals surface area contributed by atoms with Crippen LogP contribution in [-0.2, 0) is 4.74 Å². The second kappa shape index (κ2) is 12.6. The molecule has 0 aliphatic carbocycles. The number of methoxy groups -OCH3 is 1. The molecule has 1 N–H and O–H groups in total. The first-order valence-corrected chi connectivity index (χ1v) is 8.64. The Morgan fingerprint density at radius 2 is 1.75 bits per heavy atom. The van der Waals surface area contributed by atoms with Crippen LogP contribution in [0, 0.1) is 0 Å². The monoisotopic (exact) mass is 286 g/mol. The van der Waals surface area contributed by atoms with E-state index in [0.717, 1.165) is 19.7 Å². The Hall–Kier alpha value is -0.120. The van der Waals surface area contributed by atoms with Crippen molar-refractivity contribution < 1.29 is 4.74 Å². The molecule has 0 aromatic carbocycles. The van der Waals surface area contributed by atoms with Crippen LogP contribution in [0.3, 0.4) is 0 Å². The van der Waals surface area contributed by atoms with Crippen molar-refractivity contribution >= 4 is 0 Å². The van der Waals surface area contributed by atoms with E-state index >= 15 is 0 Å². The average Bonchev–Trinajstić information content (AvgIpc) is 2.47. The molecule has 0 aliphatic heterocycles. The van der Waals surface area contributed by atoms with E-state index in [4.69, 9.17) is 4.74 Å². The minimum Gasteiger partial charge on any atom is -0.383 e. The predicted octanol–water partition coefficient (Wildman–Crippen LogP) is 3.68. The zero-order chi connectivity index (χ0) is 15.4. The summed E-state index contributed by atoms with van der Waals surface area (Å²) < 4.78 is 5.32. The molecule has 122 valence electrons. The molecule has 0 rings (SSSR count). The maximum Gasteiger partial charge on any atom is 0.0589 e. The van der Waals surface area contributed by atoms with Crippen LogP contribution >= 0.6 is 0 Å². The number of ether oxygens (including phenoxy) is 1. The first-order valence-electron chi connectivity index (χ1n) is 8.64. The third kappa shape index (κ3) is 7.05. The number of hydrogen-bond acceptors (Lipinski definition) is 3. The molecule has 3 heteroatoms. The minimum atomic E-state index is 0.607. The average molecular weight is 287 g/mol. The zero-order valence-electron chi connectivity index (χ0n) is 14.7. The molecule has 3 unspecified atom stereocenters. The molecule has 0 spiro atoms. The van der Waals surface area contributed by atoms with E-state index in [-0.39, 0.29) is 0 Å². The summed E-state index contributed by atoms with van der Waals surface area (Å²) in [7, 11) is 1.80. The fourth-order valence-corrected chi connectivity index (χ4v) is 2.97. The molecule has 0 bridgehead atoms. The smallest absolute Gasteiger partial charge is 0.0589 e. The Morgan fingerprint density at radius 3 is 2.20 bits per heavy atom. The maximum atomic E-state index is 5.32. The van der Waals surface area contributed by atoms with E-state index in [0.29, 0.717) is 18.1 Å². The fraction of sp³-hybridized carbons (Fsp3) is 1.00. The Kier molecular flexibility index (Phi) is 12.5. The highest BCUT2D eigenvalue weighted by molar-refractivity contribution is 4.86. The highest BCUT2D eigenvalue weighted by atomic mass is 16.5. The molecule has 0 heterocycles. The van der Waals surface area contributed by atoms with Gasteiger partial charge in [0.15, 0.2) is 0 Å². The molecule has 20 heavy (non-hydrogen) atoms. The van der Waals surface area contributed by atoms with Gasteiger partial charge in [0.25, 0.3) is 0 Å². The lowest BCUT2D eigenvalue weighted by Gasteiger charge is -2.40. The van der Waals surface area contributed by atoms with Gasteiger partial charge in [0.2, 0.25) is 0 Å². The third-order valence-electron chi connectivity index (χ3n) is 4.28. The van der Waals surface area contributed by atoms with Crippen molar-refractivity contribution in [1.29, 1.82) is 0 Å².